The number of carbonyl (C=O) groups is 3. The monoisotopic (exact) mass is 1060 g/mol. The van der Waals surface area contributed by atoms with Crippen LogP contribution in [-0.4, -0.2) is 121 Å². The number of aliphatic hydroxyl groups is 1. The van der Waals surface area contributed by atoms with Crippen LogP contribution in [0.2, 0.25) is 10.0 Å². The summed E-state index contributed by atoms with van der Waals surface area (Å²) >= 11 is 12.4. The number of benzene rings is 2. The zero-order chi connectivity index (χ0) is 53.1. The van der Waals surface area contributed by atoms with Crippen molar-refractivity contribution in [2.45, 2.75) is 109 Å². The number of aryl methyl sites for hydroxylation is 2. The number of allylic oxidation sites excluding steroid dienone is 2. The maximum absolute atomic E-state index is 14.6. The zero-order valence-electron chi connectivity index (χ0n) is 41.3. The molecule has 2 aromatic heterocycles. The SMILES string of the molecule is Cc1nn(Cc2ccc(S(=O)(=O)N(C)C)c(Cl)c2)c(C=O)c1C/C(F)=C/CNC(=O)OC(C)(C)C.Cc1nn(Cc2ccc(S(=O)(=O)N(C)C)c(Cl)c2)c(CO)c1C/C(F)=C/CNC(=O)OC(C)(C)C. The minimum Gasteiger partial charge on any atom is -0.444 e. The summed E-state index contributed by atoms with van der Waals surface area (Å²) in [6.45, 7) is 13.5. The number of halogens is 4. The normalized spacial score (nSPS) is 12.7. The van der Waals surface area contributed by atoms with E-state index in [1.54, 1.807) is 67.5 Å². The van der Waals surface area contributed by atoms with Gasteiger partial charge in [-0.2, -0.15) is 10.2 Å². The molecule has 0 bridgehead atoms. The third-order valence-electron chi connectivity index (χ3n) is 9.73. The quantitative estimate of drug-likeness (QED) is 0.0828. The first kappa shape index (κ1) is 59.1. The molecular weight excluding hydrogens is 998 g/mol. The Morgan fingerprint density at radius 3 is 1.47 bits per heavy atom. The molecule has 0 unspecified atom stereocenters. The van der Waals surface area contributed by atoms with E-state index in [2.05, 4.69) is 20.8 Å². The molecule has 0 radical (unpaired) electrons. The number of sulfonamides is 2. The number of aromatic nitrogens is 4. The molecule has 0 saturated carbocycles. The molecule has 0 spiro atoms. The van der Waals surface area contributed by atoms with Crippen LogP contribution in [0.5, 0.6) is 0 Å². The highest BCUT2D eigenvalue weighted by Gasteiger charge is 2.24. The summed E-state index contributed by atoms with van der Waals surface area (Å²) in [5.41, 5.74) is 2.50. The standard InChI is InChI=1S/C23H32ClFN4O5S.C23H30ClFN4O5S/c2*1-15-18(12-17(25)9-10-26-22(31)34-23(2,3)4)20(14-30)29(27-15)13-16-7-8-21(19(24)11-16)35(32,33)28(5)6/h7-9,11,30H,10,12-14H2,1-6H3,(H,26,31);7-9,11,14H,10,12-13H2,1-6H3,(H,26,31)/b2*17-9-. The van der Waals surface area contributed by atoms with Gasteiger partial charge in [-0.15, -0.1) is 0 Å². The molecule has 24 heteroatoms. The number of nitrogens with one attached hydrogen (secondary N) is 2. The van der Waals surface area contributed by atoms with Gasteiger partial charge in [-0.05, 0) is 103 Å². The fraction of sp³-hybridized carbons (Fsp3) is 0.457. The highest BCUT2D eigenvalue weighted by Crippen LogP contribution is 2.28. The minimum absolute atomic E-state index is 0.0140. The fourth-order valence-corrected chi connectivity index (χ4v) is 9.22. The molecule has 0 atom stereocenters. The van der Waals surface area contributed by atoms with Crippen molar-refractivity contribution in [2.75, 3.05) is 41.3 Å². The average Bonchev–Trinajstić information content (AvgIpc) is 3.67. The number of amides is 2. The van der Waals surface area contributed by atoms with Crippen LogP contribution in [0.3, 0.4) is 0 Å². The largest absolute Gasteiger partial charge is 0.444 e. The van der Waals surface area contributed by atoms with Crippen LogP contribution in [0, 0.1) is 13.8 Å². The summed E-state index contributed by atoms with van der Waals surface area (Å²) < 4.78 is 93.8. The molecule has 0 saturated heterocycles. The first-order valence-electron chi connectivity index (χ1n) is 21.5. The van der Waals surface area contributed by atoms with Gasteiger partial charge in [0.05, 0.1) is 46.8 Å². The minimum atomic E-state index is -3.71. The number of hydrogen-bond acceptors (Lipinski definition) is 12. The van der Waals surface area contributed by atoms with E-state index in [9.17, 15) is 45.1 Å². The summed E-state index contributed by atoms with van der Waals surface area (Å²) in [6, 6.07) is 9.03. The molecular formula is C46H62Cl2F2N8O10S2. The Hall–Kier alpha value is -5.23. The van der Waals surface area contributed by atoms with Gasteiger partial charge in [-0.3, -0.25) is 14.2 Å². The van der Waals surface area contributed by atoms with Gasteiger partial charge in [0.25, 0.3) is 0 Å². The molecule has 0 aliphatic carbocycles. The molecule has 3 N–H and O–H groups in total. The maximum atomic E-state index is 14.6. The van der Waals surface area contributed by atoms with Crippen molar-refractivity contribution in [3.8, 4) is 0 Å². The Bertz CT molecular complexity index is 2820. The van der Waals surface area contributed by atoms with Gasteiger partial charge in [-0.25, -0.2) is 43.8 Å². The predicted molar refractivity (Wildman–Crippen MR) is 262 cm³/mol. The molecule has 0 fully saturated rings. The van der Waals surface area contributed by atoms with Gasteiger partial charge in [0.15, 0.2) is 6.29 Å². The maximum Gasteiger partial charge on any atom is 0.407 e. The van der Waals surface area contributed by atoms with Crippen molar-refractivity contribution in [3.05, 3.63) is 115 Å². The second-order valence-electron chi connectivity index (χ2n) is 18.1. The van der Waals surface area contributed by atoms with E-state index in [1.807, 2.05) is 0 Å². The van der Waals surface area contributed by atoms with Crippen LogP contribution in [-0.2, 0) is 62.1 Å². The molecule has 70 heavy (non-hydrogen) atoms. The Labute approximate surface area is 418 Å². The molecule has 0 aliphatic heterocycles. The van der Waals surface area contributed by atoms with Crippen molar-refractivity contribution >= 4 is 61.7 Å². The Morgan fingerprint density at radius 2 is 1.10 bits per heavy atom. The number of rotatable bonds is 18. The lowest BCUT2D eigenvalue weighted by molar-refractivity contribution is 0.0522. The number of alkyl carbamates (subject to hydrolysis) is 2. The number of ether oxygens (including phenoxy) is 2. The molecule has 386 valence electrons. The van der Waals surface area contributed by atoms with Crippen molar-refractivity contribution in [1.29, 1.82) is 0 Å². The summed E-state index contributed by atoms with van der Waals surface area (Å²) in [6.07, 6.45) is 1.40. The molecule has 4 rings (SSSR count). The Kier molecular flexibility index (Phi) is 20.9. The predicted octanol–water partition coefficient (Wildman–Crippen LogP) is 7.43. The highest BCUT2D eigenvalue weighted by atomic mass is 35.5. The van der Waals surface area contributed by atoms with Gasteiger partial charge >= 0.3 is 12.2 Å². The molecule has 0 aliphatic rings. The number of carbonyl (C=O) groups excluding carboxylic acids is 3. The van der Waals surface area contributed by atoms with Crippen LogP contribution >= 0.6 is 23.2 Å². The zero-order valence-corrected chi connectivity index (χ0v) is 44.4. The van der Waals surface area contributed by atoms with Crippen molar-refractivity contribution in [3.63, 3.8) is 0 Å². The van der Waals surface area contributed by atoms with Gasteiger partial charge in [0.2, 0.25) is 20.0 Å². The van der Waals surface area contributed by atoms with Gasteiger partial charge in [0.1, 0.15) is 38.3 Å². The van der Waals surface area contributed by atoms with Crippen LogP contribution in [0.15, 0.2) is 70.0 Å². The van der Waals surface area contributed by atoms with Gasteiger partial charge in [-0.1, -0.05) is 35.3 Å². The lowest BCUT2D eigenvalue weighted by atomic mass is 10.1. The number of hydrogen-bond donors (Lipinski definition) is 3. The van der Waals surface area contributed by atoms with Crippen LogP contribution in [0.4, 0.5) is 18.4 Å². The Morgan fingerprint density at radius 1 is 0.714 bits per heavy atom. The number of nitrogens with zero attached hydrogens (tertiary/aromatic N) is 6. The first-order valence-corrected chi connectivity index (χ1v) is 25.2. The van der Waals surface area contributed by atoms with Crippen LogP contribution in [0.1, 0.15) is 91.4 Å². The fourth-order valence-electron chi connectivity index (χ4n) is 6.36. The van der Waals surface area contributed by atoms with Crippen LogP contribution in [0.25, 0.3) is 0 Å². The van der Waals surface area contributed by atoms with E-state index < -0.39 is 55.1 Å². The third kappa shape index (κ3) is 17.0. The molecule has 18 nitrogen and oxygen atoms in total. The first-order chi connectivity index (χ1) is 32.3. The van der Waals surface area contributed by atoms with Crippen molar-refractivity contribution in [1.82, 2.24) is 38.8 Å². The summed E-state index contributed by atoms with van der Waals surface area (Å²) in [7, 11) is -1.75. The molecule has 2 amide bonds. The highest BCUT2D eigenvalue weighted by molar-refractivity contribution is 7.89. The number of aldehydes is 1. The number of aliphatic hydroxyl groups excluding tert-OH is 1. The lowest BCUT2D eigenvalue weighted by Crippen LogP contribution is -2.32. The van der Waals surface area contributed by atoms with Gasteiger partial charge in [0, 0.05) is 65.2 Å². The molecule has 2 heterocycles. The van der Waals surface area contributed by atoms with E-state index in [1.165, 1.54) is 74.0 Å². The van der Waals surface area contributed by atoms with Crippen molar-refractivity contribution in [2.24, 2.45) is 0 Å². The topological polar surface area (TPSA) is 224 Å². The van der Waals surface area contributed by atoms with E-state index >= 15 is 0 Å². The molecule has 4 aromatic rings. The van der Waals surface area contributed by atoms with E-state index in [0.29, 0.717) is 45.6 Å². The Balaban J connectivity index is 0.000000370. The van der Waals surface area contributed by atoms with E-state index in [0.717, 1.165) is 8.61 Å². The van der Waals surface area contributed by atoms with E-state index in [-0.39, 0.29) is 71.2 Å². The van der Waals surface area contributed by atoms with Crippen LogP contribution < -0.4 is 10.6 Å². The summed E-state index contributed by atoms with van der Waals surface area (Å²) in [5, 5.41) is 23.7. The summed E-state index contributed by atoms with van der Waals surface area (Å²) in [4.78, 5) is 35.1. The lowest BCUT2D eigenvalue weighted by Gasteiger charge is -2.19. The average molecular weight is 1060 g/mol. The smallest absolute Gasteiger partial charge is 0.407 e. The second-order valence-corrected chi connectivity index (χ2v) is 23.1. The molecule has 2 aromatic carbocycles. The van der Waals surface area contributed by atoms with Crippen molar-refractivity contribution < 1.29 is 54.6 Å². The van der Waals surface area contributed by atoms with E-state index in [4.69, 9.17) is 32.7 Å². The summed E-state index contributed by atoms with van der Waals surface area (Å²) in [5.74, 6) is -1.05. The second kappa shape index (κ2) is 24.7. The third-order valence-corrected chi connectivity index (χ3v) is 14.3. The van der Waals surface area contributed by atoms with Gasteiger partial charge < -0.3 is 25.2 Å².